The van der Waals surface area contributed by atoms with Gasteiger partial charge in [0.1, 0.15) is 23.0 Å². The molecule has 4 aromatic rings. The number of hydrogen-bond donors (Lipinski definition) is 3. The van der Waals surface area contributed by atoms with Crippen molar-refractivity contribution in [2.45, 2.75) is 69.7 Å². The molecule has 3 heterocycles. The highest BCUT2D eigenvalue weighted by Gasteiger charge is 2.32. The van der Waals surface area contributed by atoms with Gasteiger partial charge in [0.05, 0.1) is 39.8 Å². The fourth-order valence-electron chi connectivity index (χ4n) is 9.62. The minimum atomic E-state index is -4.59. The number of carbonyl (C=O) groups is 1. The molecule has 0 atom stereocenters. The van der Waals surface area contributed by atoms with Gasteiger partial charge in [-0.05, 0) is 104 Å². The van der Waals surface area contributed by atoms with Crippen LogP contribution >= 0.6 is 23.2 Å². The van der Waals surface area contributed by atoms with E-state index in [1.165, 1.54) is 47.2 Å². The lowest BCUT2D eigenvalue weighted by Crippen LogP contribution is -2.47. The molecule has 2 aliphatic carbocycles. The molecule has 15 nitrogen and oxygen atoms in total. The minimum Gasteiger partial charge on any atom is -0.455 e. The summed E-state index contributed by atoms with van der Waals surface area (Å²) in [6, 6.07) is 18.7. The lowest BCUT2D eigenvalue weighted by Gasteiger charge is -2.39. The van der Waals surface area contributed by atoms with E-state index in [1.54, 1.807) is 12.1 Å². The summed E-state index contributed by atoms with van der Waals surface area (Å²) >= 11 is 12.5. The Morgan fingerprint density at radius 3 is 2.39 bits per heavy atom. The van der Waals surface area contributed by atoms with Gasteiger partial charge in [-0.2, -0.15) is 0 Å². The average molecular weight is 962 g/mol. The molecule has 0 unspecified atom stereocenters. The Hall–Kier alpha value is -4.97. The van der Waals surface area contributed by atoms with Crippen LogP contribution in [0.25, 0.3) is 5.57 Å². The van der Waals surface area contributed by atoms with Crippen LogP contribution in [0.2, 0.25) is 10.0 Å². The first-order valence-electron chi connectivity index (χ1n) is 22.7. The molecule has 0 bridgehead atoms. The zero-order valence-corrected chi connectivity index (χ0v) is 39.8. The molecule has 4 N–H and O–H groups in total. The Morgan fingerprint density at radius 2 is 1.70 bits per heavy atom. The van der Waals surface area contributed by atoms with Crippen LogP contribution in [0.5, 0.6) is 11.5 Å². The van der Waals surface area contributed by atoms with E-state index in [0.717, 1.165) is 108 Å². The Kier molecular flexibility index (Phi) is 14.8. The number of pyridine rings is 1. The number of anilines is 3. The van der Waals surface area contributed by atoms with Gasteiger partial charge in [0, 0.05) is 87.3 Å². The molecule has 8 rings (SSSR count). The van der Waals surface area contributed by atoms with E-state index in [-0.39, 0.29) is 39.0 Å². The molecule has 2 aliphatic heterocycles. The number of sulfonamides is 1. The highest BCUT2D eigenvalue weighted by molar-refractivity contribution is 7.90. The second-order valence-corrected chi connectivity index (χ2v) is 21.1. The summed E-state index contributed by atoms with van der Waals surface area (Å²) in [5.74, 6) is -0.345. The summed E-state index contributed by atoms with van der Waals surface area (Å²) in [7, 11) is -4.59. The van der Waals surface area contributed by atoms with Crippen molar-refractivity contribution in [1.29, 1.82) is 0 Å². The van der Waals surface area contributed by atoms with Crippen LogP contribution in [0.1, 0.15) is 74.7 Å². The number of nitrogens with zero attached hydrogens (tertiary/aromatic N) is 5. The number of morpholine rings is 1. The summed E-state index contributed by atoms with van der Waals surface area (Å²) in [5, 5.41) is 16.3. The normalized spacial score (nSPS) is 20.8. The van der Waals surface area contributed by atoms with E-state index in [2.05, 4.69) is 55.7 Å². The minimum absolute atomic E-state index is 0.0531. The van der Waals surface area contributed by atoms with E-state index in [9.17, 15) is 23.3 Å². The number of benzene rings is 3. The molecule has 3 aromatic carbocycles. The van der Waals surface area contributed by atoms with Gasteiger partial charge in [0.15, 0.2) is 0 Å². The van der Waals surface area contributed by atoms with Gasteiger partial charge in [-0.15, -0.1) is 0 Å². The molecule has 66 heavy (non-hydrogen) atoms. The topological polar surface area (TPSA) is 186 Å². The SMILES string of the molecule is CC1(C)CCC(CN2CCN(c3ccc(C(=O)NS(=O)(=O)c4ccc(NC[C@H]5CC[C@H](N6CCOCC6)CC5)c([N+](=O)[O-])c4)c(Oc4cnc(N)c(Cl)c4)c3)CC2)=C(c2ccc(Cl)cc2)C1. The fourth-order valence-corrected chi connectivity index (χ4v) is 10.9. The number of aromatic nitrogens is 1. The van der Waals surface area contributed by atoms with Crippen molar-refractivity contribution < 1.29 is 27.6 Å². The number of nitrogen functional groups attached to an aromatic ring is 1. The van der Waals surface area contributed by atoms with Gasteiger partial charge in [0.25, 0.3) is 21.6 Å². The molecule has 18 heteroatoms. The van der Waals surface area contributed by atoms with Crippen LogP contribution in [0, 0.1) is 21.4 Å². The predicted octanol–water partition coefficient (Wildman–Crippen LogP) is 8.88. The third-order valence-corrected chi connectivity index (χ3v) is 15.4. The smallest absolute Gasteiger partial charge is 0.293 e. The molecule has 2 saturated heterocycles. The number of ether oxygens (including phenoxy) is 2. The van der Waals surface area contributed by atoms with Crippen LogP contribution in [-0.2, 0) is 14.8 Å². The van der Waals surface area contributed by atoms with Crippen molar-refractivity contribution >= 4 is 67.6 Å². The van der Waals surface area contributed by atoms with E-state index in [4.69, 9.17) is 38.4 Å². The molecule has 0 spiro atoms. The number of halogens is 2. The molecule has 352 valence electrons. The molecule has 1 amide bonds. The molecule has 4 aliphatic rings. The second kappa shape index (κ2) is 20.5. The lowest BCUT2D eigenvalue weighted by atomic mass is 9.72. The fraction of sp³-hybridized carbons (Fsp3) is 0.458. The number of rotatable bonds is 14. The lowest BCUT2D eigenvalue weighted by molar-refractivity contribution is -0.384. The Morgan fingerprint density at radius 1 is 0.970 bits per heavy atom. The molecule has 0 radical (unpaired) electrons. The molecule has 3 fully saturated rings. The number of nitro groups is 1. The number of nitro benzene ring substituents is 1. The highest BCUT2D eigenvalue weighted by Crippen LogP contribution is 2.44. The number of piperazine rings is 1. The zero-order chi connectivity index (χ0) is 46.6. The van der Waals surface area contributed by atoms with Crippen molar-refractivity contribution in [2.75, 3.05) is 81.5 Å². The first-order valence-corrected chi connectivity index (χ1v) is 24.9. The highest BCUT2D eigenvalue weighted by atomic mass is 35.5. The zero-order valence-electron chi connectivity index (χ0n) is 37.4. The summed E-state index contributed by atoms with van der Waals surface area (Å²) in [6.07, 6.45) is 8.58. The maximum atomic E-state index is 13.9. The third-order valence-electron chi connectivity index (χ3n) is 13.5. The van der Waals surface area contributed by atoms with E-state index in [0.29, 0.717) is 31.6 Å². The molecular weight excluding hydrogens is 904 g/mol. The molecule has 1 aromatic heterocycles. The number of nitrogens with two attached hydrogens (primary N) is 1. The van der Waals surface area contributed by atoms with Gasteiger partial charge in [-0.3, -0.25) is 24.7 Å². The molecule has 1 saturated carbocycles. The van der Waals surface area contributed by atoms with Crippen LogP contribution < -0.4 is 25.4 Å². The maximum absolute atomic E-state index is 13.9. The van der Waals surface area contributed by atoms with Gasteiger partial charge in [0.2, 0.25) is 0 Å². The van der Waals surface area contributed by atoms with Crippen LogP contribution in [0.15, 0.2) is 83.4 Å². The van der Waals surface area contributed by atoms with E-state index >= 15 is 0 Å². The number of allylic oxidation sites excluding steroid dienone is 1. The predicted molar refractivity (Wildman–Crippen MR) is 259 cm³/mol. The Labute approximate surface area is 396 Å². The Balaban J connectivity index is 0.952. The van der Waals surface area contributed by atoms with Crippen molar-refractivity contribution in [3.63, 3.8) is 0 Å². The Bertz CT molecular complexity index is 2560. The average Bonchev–Trinajstić information content (AvgIpc) is 3.30. The van der Waals surface area contributed by atoms with Gasteiger partial charge in [-0.25, -0.2) is 18.1 Å². The number of nitrogens with one attached hydrogen (secondary N) is 2. The number of hydrogen-bond acceptors (Lipinski definition) is 13. The summed E-state index contributed by atoms with van der Waals surface area (Å²) in [4.78, 5) is 36.4. The van der Waals surface area contributed by atoms with Crippen molar-refractivity contribution in [1.82, 2.24) is 19.5 Å². The van der Waals surface area contributed by atoms with Crippen LogP contribution in [0.4, 0.5) is 22.9 Å². The van der Waals surface area contributed by atoms with Crippen molar-refractivity contribution in [3.8, 4) is 11.5 Å². The van der Waals surface area contributed by atoms with Crippen LogP contribution in [-0.4, -0.2) is 106 Å². The third kappa shape index (κ3) is 11.6. The largest absolute Gasteiger partial charge is 0.455 e. The first kappa shape index (κ1) is 47.5. The van der Waals surface area contributed by atoms with E-state index < -0.39 is 31.4 Å². The quantitative estimate of drug-likeness (QED) is 0.0805. The van der Waals surface area contributed by atoms with E-state index in [1.807, 2.05) is 12.1 Å². The summed E-state index contributed by atoms with van der Waals surface area (Å²) < 4.78 is 41.3. The first-order chi connectivity index (χ1) is 31.6. The van der Waals surface area contributed by atoms with Gasteiger partial charge < -0.3 is 25.4 Å². The maximum Gasteiger partial charge on any atom is 0.293 e. The van der Waals surface area contributed by atoms with Gasteiger partial charge >= 0.3 is 0 Å². The number of amides is 1. The van der Waals surface area contributed by atoms with Crippen LogP contribution in [0.3, 0.4) is 0 Å². The number of carbonyl (C=O) groups excluding carboxylic acids is 1. The molecular formula is C48H58Cl2N8O7S. The summed E-state index contributed by atoms with van der Waals surface area (Å²) in [6.45, 7) is 12.4. The summed E-state index contributed by atoms with van der Waals surface area (Å²) in [5.41, 5.74) is 10.6. The monoisotopic (exact) mass is 960 g/mol. The second-order valence-electron chi connectivity index (χ2n) is 18.6. The standard InChI is InChI=1S/C48H58Cl2N8O7S/c1-48(2)16-15-34(41(28-48)33-5-7-35(49)8-6-33)31-55-17-19-56(20-18-55)37-11-13-40(45(25-37)65-38-26-42(50)46(51)53-30-38)47(59)54-66(62,63)39-12-14-43(44(27-39)58(60)61)52-29-32-3-9-36(10-4-32)57-21-23-64-24-22-57/h5-8,11-14,25-27,30,32,36,52H,3-4,9-10,15-24,28-29,31H2,1-2H3,(H2,51,53)(H,54,59)/t32-,36-. The van der Waals surface area contributed by atoms with Gasteiger partial charge in [-0.1, -0.05) is 54.8 Å². The van der Waals surface area contributed by atoms with Crippen molar-refractivity contribution in [2.24, 2.45) is 11.3 Å². The van der Waals surface area contributed by atoms with Crippen molar-refractivity contribution in [3.05, 3.63) is 110 Å².